The molecule has 1 aliphatic rings. The molecular weight excluding hydrogens is 332 g/mol. The number of sulfonamides is 1. The molecule has 0 bridgehead atoms. The number of phenolic OH excluding ortho intramolecular Hbond substituents is 1. The smallest absolute Gasteiger partial charge is 0.244 e. The van der Waals surface area contributed by atoms with E-state index < -0.39 is 15.9 Å². The number of hydrogen-bond acceptors (Lipinski definition) is 5. The summed E-state index contributed by atoms with van der Waals surface area (Å²) in [6.07, 6.45) is 4.11. The Labute approximate surface area is 139 Å². The Morgan fingerprint density at radius 2 is 2.21 bits per heavy atom. The van der Waals surface area contributed by atoms with Gasteiger partial charge in [0.2, 0.25) is 15.9 Å². The Bertz CT molecular complexity index is 875. The minimum absolute atomic E-state index is 0.000286. The fourth-order valence-electron chi connectivity index (χ4n) is 2.75. The maximum atomic E-state index is 12.5. The molecule has 0 aliphatic carbocycles. The van der Waals surface area contributed by atoms with Crippen LogP contribution in [0, 0.1) is 0 Å². The summed E-state index contributed by atoms with van der Waals surface area (Å²) in [5, 5.41) is 13.9. The molecule has 0 saturated heterocycles. The predicted octanol–water partition coefficient (Wildman–Crippen LogP) is 0.383. The minimum atomic E-state index is -3.80. The molecule has 3 rings (SSSR count). The number of hydrogen-bond donors (Lipinski definition) is 2. The number of aromatic nitrogens is 2. The van der Waals surface area contributed by atoms with Crippen LogP contribution in [0.5, 0.6) is 5.75 Å². The first kappa shape index (κ1) is 16.5. The second-order valence-corrected chi connectivity index (χ2v) is 7.38. The summed E-state index contributed by atoms with van der Waals surface area (Å²) in [5.41, 5.74) is 1.35. The van der Waals surface area contributed by atoms with Crippen LogP contribution >= 0.6 is 0 Å². The lowest BCUT2D eigenvalue weighted by Gasteiger charge is -2.30. The molecule has 0 radical (unpaired) electrons. The average Bonchev–Trinajstić information content (AvgIpc) is 3.00. The summed E-state index contributed by atoms with van der Waals surface area (Å²) in [6.45, 7) is 0.0586. The molecule has 24 heavy (non-hydrogen) atoms. The van der Waals surface area contributed by atoms with Crippen molar-refractivity contribution in [3.63, 3.8) is 0 Å². The van der Waals surface area contributed by atoms with Crippen LogP contribution in [-0.4, -0.2) is 42.3 Å². The van der Waals surface area contributed by atoms with Crippen LogP contribution in [0.25, 0.3) is 0 Å². The van der Waals surface area contributed by atoms with Gasteiger partial charge in [0.1, 0.15) is 10.6 Å². The van der Waals surface area contributed by atoms with Crippen LogP contribution in [0.1, 0.15) is 12.0 Å². The molecule has 0 fully saturated rings. The number of anilines is 1. The number of fused-ring (bicyclic) bond motifs is 1. The maximum absolute atomic E-state index is 12.5. The fraction of sp³-hybridized carbons (Fsp3) is 0.333. The van der Waals surface area contributed by atoms with Gasteiger partial charge in [0.05, 0.1) is 18.4 Å². The van der Waals surface area contributed by atoms with Gasteiger partial charge in [-0.2, -0.15) is 5.10 Å². The van der Waals surface area contributed by atoms with Gasteiger partial charge in [-0.05, 0) is 24.5 Å². The molecule has 128 valence electrons. The van der Waals surface area contributed by atoms with Crippen molar-refractivity contribution in [3.05, 3.63) is 36.2 Å². The molecule has 2 heterocycles. The second-order valence-electron chi connectivity index (χ2n) is 5.61. The monoisotopic (exact) mass is 350 g/mol. The Morgan fingerprint density at radius 1 is 1.42 bits per heavy atom. The standard InChI is InChI=1S/C15H18N4O4S/c1-18-10-12(8-16-18)24(22,23)17-9-14(21)19-7-3-5-11-4-2-6-13(20)15(11)19/h2,4,6,8,10,17,20H,3,5,7,9H2,1H3. The summed E-state index contributed by atoms with van der Waals surface area (Å²) in [7, 11) is -2.20. The highest BCUT2D eigenvalue weighted by Crippen LogP contribution is 2.35. The number of nitrogens with zero attached hydrogens (tertiary/aromatic N) is 3. The van der Waals surface area contributed by atoms with Crippen molar-refractivity contribution in [1.29, 1.82) is 0 Å². The van der Waals surface area contributed by atoms with E-state index in [-0.39, 0.29) is 17.2 Å². The van der Waals surface area contributed by atoms with E-state index in [1.54, 1.807) is 13.1 Å². The van der Waals surface area contributed by atoms with E-state index in [0.29, 0.717) is 12.2 Å². The zero-order valence-corrected chi connectivity index (χ0v) is 14.0. The molecule has 0 unspecified atom stereocenters. The number of carbonyl (C=O) groups excluding carboxylic acids is 1. The van der Waals surface area contributed by atoms with Crippen molar-refractivity contribution in [3.8, 4) is 5.75 Å². The third kappa shape index (κ3) is 3.13. The third-order valence-electron chi connectivity index (χ3n) is 3.90. The molecular formula is C15H18N4O4S. The molecule has 1 amide bonds. The Balaban J connectivity index is 1.75. The number of amides is 1. The molecule has 2 N–H and O–H groups in total. The van der Waals surface area contributed by atoms with Gasteiger partial charge in [0.25, 0.3) is 0 Å². The quantitative estimate of drug-likeness (QED) is 0.830. The molecule has 2 aromatic rings. The highest BCUT2D eigenvalue weighted by Gasteiger charge is 2.26. The number of rotatable bonds is 4. The van der Waals surface area contributed by atoms with Crippen LogP contribution < -0.4 is 9.62 Å². The van der Waals surface area contributed by atoms with Crippen molar-refractivity contribution < 1.29 is 18.3 Å². The van der Waals surface area contributed by atoms with Gasteiger partial charge in [0.15, 0.2) is 0 Å². The van der Waals surface area contributed by atoms with E-state index in [0.717, 1.165) is 18.4 Å². The van der Waals surface area contributed by atoms with Gasteiger partial charge < -0.3 is 10.0 Å². The summed E-state index contributed by atoms with van der Waals surface area (Å²) in [5.74, 6) is -0.388. The number of para-hydroxylation sites is 1. The van der Waals surface area contributed by atoms with Crippen molar-refractivity contribution >= 4 is 21.6 Å². The van der Waals surface area contributed by atoms with Crippen LogP contribution in [0.3, 0.4) is 0 Å². The topological polar surface area (TPSA) is 105 Å². The van der Waals surface area contributed by atoms with Gasteiger partial charge in [-0.25, -0.2) is 13.1 Å². The first-order valence-corrected chi connectivity index (χ1v) is 8.96. The summed E-state index contributed by atoms with van der Waals surface area (Å²) in [4.78, 5) is 13.9. The Kier molecular flexibility index (Phi) is 4.29. The minimum Gasteiger partial charge on any atom is -0.506 e. The highest BCUT2D eigenvalue weighted by molar-refractivity contribution is 7.89. The highest BCUT2D eigenvalue weighted by atomic mass is 32.2. The number of nitrogens with one attached hydrogen (secondary N) is 1. The molecule has 1 aromatic heterocycles. The lowest BCUT2D eigenvalue weighted by Crippen LogP contribution is -2.42. The SMILES string of the molecule is Cn1cc(S(=O)(=O)NCC(=O)N2CCCc3cccc(O)c32)cn1. The zero-order valence-electron chi connectivity index (χ0n) is 13.1. The summed E-state index contributed by atoms with van der Waals surface area (Å²) < 4.78 is 28.0. The summed E-state index contributed by atoms with van der Waals surface area (Å²) in [6, 6.07) is 5.10. The van der Waals surface area contributed by atoms with Gasteiger partial charge >= 0.3 is 0 Å². The lowest BCUT2D eigenvalue weighted by atomic mass is 10.0. The summed E-state index contributed by atoms with van der Waals surface area (Å²) >= 11 is 0. The van der Waals surface area contributed by atoms with Gasteiger partial charge in [-0.15, -0.1) is 0 Å². The fourth-order valence-corrected chi connectivity index (χ4v) is 3.71. The molecule has 0 atom stereocenters. The predicted molar refractivity (Wildman–Crippen MR) is 87.2 cm³/mol. The zero-order chi connectivity index (χ0) is 17.3. The molecule has 9 heteroatoms. The lowest BCUT2D eigenvalue weighted by molar-refractivity contribution is -0.117. The van der Waals surface area contributed by atoms with Crippen molar-refractivity contribution in [1.82, 2.24) is 14.5 Å². The first-order chi connectivity index (χ1) is 11.4. The number of benzene rings is 1. The molecule has 0 saturated carbocycles. The van der Waals surface area contributed by atoms with Crippen molar-refractivity contribution in [2.75, 3.05) is 18.0 Å². The van der Waals surface area contributed by atoms with E-state index in [1.165, 1.54) is 28.0 Å². The first-order valence-electron chi connectivity index (χ1n) is 7.48. The molecule has 8 nitrogen and oxygen atoms in total. The molecule has 0 spiro atoms. The number of aromatic hydroxyl groups is 1. The van der Waals surface area contributed by atoms with Crippen molar-refractivity contribution in [2.45, 2.75) is 17.7 Å². The average molecular weight is 350 g/mol. The van der Waals surface area contributed by atoms with Gasteiger partial charge in [-0.3, -0.25) is 9.48 Å². The maximum Gasteiger partial charge on any atom is 0.244 e. The van der Waals surface area contributed by atoms with E-state index in [2.05, 4.69) is 9.82 Å². The Morgan fingerprint density at radius 3 is 2.92 bits per heavy atom. The van der Waals surface area contributed by atoms with Crippen LogP contribution in [-0.2, 0) is 28.3 Å². The van der Waals surface area contributed by atoms with Gasteiger partial charge in [0, 0.05) is 19.8 Å². The molecule has 1 aromatic carbocycles. The second kappa shape index (κ2) is 6.25. The Hall–Kier alpha value is -2.39. The van der Waals surface area contributed by atoms with Crippen molar-refractivity contribution in [2.24, 2.45) is 7.05 Å². The number of phenols is 1. The van der Waals surface area contributed by atoms with Gasteiger partial charge in [-0.1, -0.05) is 12.1 Å². The van der Waals surface area contributed by atoms with E-state index in [1.807, 2.05) is 6.07 Å². The van der Waals surface area contributed by atoms with E-state index in [9.17, 15) is 18.3 Å². The number of aryl methyl sites for hydroxylation is 2. The van der Waals surface area contributed by atoms with E-state index >= 15 is 0 Å². The van der Waals surface area contributed by atoms with Crippen LogP contribution in [0.2, 0.25) is 0 Å². The van der Waals surface area contributed by atoms with E-state index in [4.69, 9.17) is 0 Å². The van der Waals surface area contributed by atoms with Crippen LogP contribution in [0.4, 0.5) is 5.69 Å². The molecule has 1 aliphatic heterocycles. The normalized spacial score (nSPS) is 14.5. The third-order valence-corrected chi connectivity index (χ3v) is 5.26. The van der Waals surface area contributed by atoms with Crippen LogP contribution in [0.15, 0.2) is 35.5 Å². The largest absolute Gasteiger partial charge is 0.506 e. The number of carbonyl (C=O) groups is 1.